The van der Waals surface area contributed by atoms with Gasteiger partial charge in [0, 0.05) is 39.8 Å². The molecule has 0 aliphatic heterocycles. The highest BCUT2D eigenvalue weighted by Gasteiger charge is 2.44. The molecule has 9 aromatic carbocycles. The number of para-hydroxylation sites is 2. The summed E-state index contributed by atoms with van der Waals surface area (Å²) in [6.07, 6.45) is 4.33. The fourth-order valence-corrected chi connectivity index (χ4v) is 11.0. The Hall–Kier alpha value is -7.16. The Labute approximate surface area is 365 Å². The molecule has 0 spiro atoms. The molecular formula is C60H50N2. The standard InChI is InChI=1S/C60H50N2/c1-4-34-60(35-5-2)52-39-43(46-37-44(41-20-9-6-10-21-41)36-45(38-46)42-22-11-7-12-23-42)32-33-50(52)58-49-27-16-15-26-48(49)57(40-53(58)60)62(47-24-13-8-14-25-47)56-31-19-30-55-59(56)51-28-17-18-29-54(51)61(55)3/h6-33,36-40H,4-5,34-35H2,1-3H3. The van der Waals surface area contributed by atoms with E-state index in [-0.39, 0.29) is 5.41 Å². The van der Waals surface area contributed by atoms with Crippen LogP contribution in [0, 0.1) is 0 Å². The van der Waals surface area contributed by atoms with Gasteiger partial charge in [0.25, 0.3) is 0 Å². The molecule has 300 valence electrons. The van der Waals surface area contributed by atoms with E-state index in [2.05, 4.69) is 231 Å². The maximum absolute atomic E-state index is 2.60. The van der Waals surface area contributed by atoms with Gasteiger partial charge in [-0.3, -0.25) is 0 Å². The zero-order valence-corrected chi connectivity index (χ0v) is 35.8. The van der Waals surface area contributed by atoms with Crippen LogP contribution in [-0.2, 0) is 12.5 Å². The van der Waals surface area contributed by atoms with Gasteiger partial charge in [-0.1, -0.05) is 166 Å². The molecule has 1 aliphatic carbocycles. The zero-order chi connectivity index (χ0) is 41.8. The van der Waals surface area contributed by atoms with Crippen molar-refractivity contribution in [3.8, 4) is 44.5 Å². The van der Waals surface area contributed by atoms with Gasteiger partial charge >= 0.3 is 0 Å². The van der Waals surface area contributed by atoms with Gasteiger partial charge < -0.3 is 9.47 Å². The number of hydrogen-bond donors (Lipinski definition) is 0. The molecule has 0 amide bonds. The van der Waals surface area contributed by atoms with Crippen LogP contribution in [0.1, 0.15) is 50.7 Å². The van der Waals surface area contributed by atoms with Gasteiger partial charge in [-0.2, -0.15) is 0 Å². The molecule has 0 radical (unpaired) electrons. The van der Waals surface area contributed by atoms with E-state index in [1.165, 1.54) is 99.6 Å². The normalized spacial score (nSPS) is 12.8. The summed E-state index contributed by atoms with van der Waals surface area (Å²) in [5.41, 5.74) is 19.0. The molecule has 2 heteroatoms. The lowest BCUT2D eigenvalue weighted by Crippen LogP contribution is -2.25. The summed E-state index contributed by atoms with van der Waals surface area (Å²) in [6, 6.07) is 74.7. The van der Waals surface area contributed by atoms with Crippen LogP contribution in [0.4, 0.5) is 17.1 Å². The van der Waals surface area contributed by atoms with E-state index in [9.17, 15) is 0 Å². The first-order valence-corrected chi connectivity index (χ1v) is 22.4. The number of hydrogen-bond acceptors (Lipinski definition) is 1. The monoisotopic (exact) mass is 798 g/mol. The highest BCUT2D eigenvalue weighted by atomic mass is 15.1. The largest absolute Gasteiger partial charge is 0.344 e. The van der Waals surface area contributed by atoms with Crippen molar-refractivity contribution in [2.45, 2.75) is 44.9 Å². The van der Waals surface area contributed by atoms with Gasteiger partial charge in [0.2, 0.25) is 0 Å². The summed E-state index contributed by atoms with van der Waals surface area (Å²) in [7, 11) is 2.20. The third kappa shape index (κ3) is 6.00. The molecule has 0 unspecified atom stereocenters. The van der Waals surface area contributed by atoms with Gasteiger partial charge in [0.1, 0.15) is 0 Å². The molecule has 0 saturated carbocycles. The summed E-state index contributed by atoms with van der Waals surface area (Å²) >= 11 is 0. The third-order valence-electron chi connectivity index (χ3n) is 13.6. The second-order valence-electron chi connectivity index (χ2n) is 17.2. The Kier molecular flexibility index (Phi) is 9.38. The molecular weight excluding hydrogens is 749 g/mol. The molecule has 10 aromatic rings. The van der Waals surface area contributed by atoms with Crippen LogP contribution in [0.5, 0.6) is 0 Å². The SMILES string of the molecule is CCCC1(CCC)c2cc(-c3cc(-c4ccccc4)cc(-c4ccccc4)c3)ccc2-c2c1cc(N(c1ccccc1)c1cccc3c1c1ccccc1n3C)c1ccccc21. The molecule has 0 saturated heterocycles. The molecule has 1 heterocycles. The molecule has 2 nitrogen and oxygen atoms in total. The number of fused-ring (bicyclic) bond motifs is 8. The fraction of sp³-hybridized carbons (Fsp3) is 0.133. The number of rotatable bonds is 10. The lowest BCUT2D eigenvalue weighted by molar-refractivity contribution is 0.436. The fourth-order valence-electron chi connectivity index (χ4n) is 11.0. The van der Waals surface area contributed by atoms with Gasteiger partial charge in [-0.25, -0.2) is 0 Å². The highest BCUT2D eigenvalue weighted by Crippen LogP contribution is 2.59. The first kappa shape index (κ1) is 37.8. The Bertz CT molecular complexity index is 3200. The molecule has 62 heavy (non-hydrogen) atoms. The molecule has 0 fully saturated rings. The molecule has 0 N–H and O–H groups in total. The van der Waals surface area contributed by atoms with Crippen molar-refractivity contribution < 1.29 is 0 Å². The molecule has 1 aromatic heterocycles. The predicted octanol–water partition coefficient (Wildman–Crippen LogP) is 16.8. The maximum Gasteiger partial charge on any atom is 0.0562 e. The van der Waals surface area contributed by atoms with Crippen molar-refractivity contribution in [3.63, 3.8) is 0 Å². The number of aryl methyl sites for hydroxylation is 1. The average molecular weight is 799 g/mol. The van der Waals surface area contributed by atoms with Crippen molar-refractivity contribution >= 4 is 49.6 Å². The van der Waals surface area contributed by atoms with Crippen LogP contribution in [0.2, 0.25) is 0 Å². The zero-order valence-electron chi connectivity index (χ0n) is 35.8. The van der Waals surface area contributed by atoms with Crippen molar-refractivity contribution in [2.24, 2.45) is 7.05 Å². The minimum Gasteiger partial charge on any atom is -0.344 e. The lowest BCUT2D eigenvalue weighted by atomic mass is 9.71. The number of anilines is 3. The van der Waals surface area contributed by atoms with Crippen LogP contribution in [0.15, 0.2) is 200 Å². The van der Waals surface area contributed by atoms with Crippen LogP contribution < -0.4 is 4.90 Å². The predicted molar refractivity (Wildman–Crippen MR) is 265 cm³/mol. The van der Waals surface area contributed by atoms with Crippen LogP contribution in [0.25, 0.3) is 77.1 Å². The van der Waals surface area contributed by atoms with Gasteiger partial charge in [-0.05, 0) is 135 Å². The summed E-state index contributed by atoms with van der Waals surface area (Å²) < 4.78 is 2.35. The highest BCUT2D eigenvalue weighted by molar-refractivity contribution is 6.18. The number of aromatic nitrogens is 1. The summed E-state index contributed by atoms with van der Waals surface area (Å²) in [6.45, 7) is 4.74. The van der Waals surface area contributed by atoms with E-state index in [4.69, 9.17) is 0 Å². The quantitative estimate of drug-likeness (QED) is 0.134. The minimum atomic E-state index is -0.157. The average Bonchev–Trinajstić information content (AvgIpc) is 3.78. The van der Waals surface area contributed by atoms with E-state index in [1.807, 2.05) is 0 Å². The number of benzene rings is 9. The van der Waals surface area contributed by atoms with Crippen LogP contribution in [-0.4, -0.2) is 4.57 Å². The second kappa shape index (κ2) is 15.4. The van der Waals surface area contributed by atoms with E-state index >= 15 is 0 Å². The van der Waals surface area contributed by atoms with Crippen molar-refractivity contribution in [1.29, 1.82) is 0 Å². The van der Waals surface area contributed by atoms with E-state index < -0.39 is 0 Å². The van der Waals surface area contributed by atoms with Crippen molar-refractivity contribution in [1.82, 2.24) is 4.57 Å². The topological polar surface area (TPSA) is 8.17 Å². The smallest absolute Gasteiger partial charge is 0.0562 e. The molecule has 1 aliphatic rings. The Balaban J connectivity index is 1.17. The summed E-state index contributed by atoms with van der Waals surface area (Å²) in [5, 5.41) is 5.11. The first-order valence-electron chi connectivity index (χ1n) is 22.4. The summed E-state index contributed by atoms with van der Waals surface area (Å²) in [5.74, 6) is 0. The summed E-state index contributed by atoms with van der Waals surface area (Å²) in [4.78, 5) is 2.55. The number of nitrogens with zero attached hydrogens (tertiary/aromatic N) is 2. The van der Waals surface area contributed by atoms with Gasteiger partial charge in [0.15, 0.2) is 0 Å². The minimum absolute atomic E-state index is 0.157. The van der Waals surface area contributed by atoms with Gasteiger partial charge in [-0.15, -0.1) is 0 Å². The van der Waals surface area contributed by atoms with Crippen LogP contribution in [0.3, 0.4) is 0 Å². The lowest BCUT2D eigenvalue weighted by Gasteiger charge is -2.34. The Morgan fingerprint density at radius 3 is 1.61 bits per heavy atom. The van der Waals surface area contributed by atoms with Crippen molar-refractivity contribution in [2.75, 3.05) is 4.90 Å². The van der Waals surface area contributed by atoms with Gasteiger partial charge in [0.05, 0.1) is 16.9 Å². The van der Waals surface area contributed by atoms with Crippen molar-refractivity contribution in [3.05, 3.63) is 211 Å². The molecule has 11 rings (SSSR count). The Morgan fingerprint density at radius 1 is 0.419 bits per heavy atom. The Morgan fingerprint density at radius 2 is 0.968 bits per heavy atom. The molecule has 0 atom stereocenters. The van der Waals surface area contributed by atoms with E-state index in [0.717, 1.165) is 31.4 Å². The van der Waals surface area contributed by atoms with E-state index in [1.54, 1.807) is 0 Å². The third-order valence-corrected chi connectivity index (χ3v) is 13.6. The second-order valence-corrected chi connectivity index (χ2v) is 17.2. The molecule has 0 bridgehead atoms. The first-order chi connectivity index (χ1) is 30.6. The van der Waals surface area contributed by atoms with E-state index in [0.29, 0.717) is 0 Å². The van der Waals surface area contributed by atoms with Crippen LogP contribution >= 0.6 is 0 Å². The maximum atomic E-state index is 2.60.